The molecular formula is C16H25NO3S. The molecule has 0 bridgehead atoms. The Morgan fingerprint density at radius 1 is 1.24 bits per heavy atom. The van der Waals surface area contributed by atoms with Crippen molar-refractivity contribution >= 4 is 9.84 Å². The highest BCUT2D eigenvalue weighted by molar-refractivity contribution is 7.91. The first-order valence-corrected chi connectivity index (χ1v) is 9.39. The van der Waals surface area contributed by atoms with Crippen molar-refractivity contribution < 1.29 is 13.2 Å². The summed E-state index contributed by atoms with van der Waals surface area (Å²) in [5.41, 5.74) is 1.25. The van der Waals surface area contributed by atoms with E-state index in [4.69, 9.17) is 4.74 Å². The van der Waals surface area contributed by atoms with Crippen LogP contribution in [0.2, 0.25) is 0 Å². The minimum absolute atomic E-state index is 0.165. The quantitative estimate of drug-likeness (QED) is 0.807. The highest BCUT2D eigenvalue weighted by atomic mass is 32.2. The summed E-state index contributed by atoms with van der Waals surface area (Å²) in [6.45, 7) is 0.878. The van der Waals surface area contributed by atoms with Gasteiger partial charge in [0.2, 0.25) is 0 Å². The van der Waals surface area contributed by atoms with Gasteiger partial charge in [-0.1, -0.05) is 18.6 Å². The maximum absolute atomic E-state index is 11.9. The Hall–Kier alpha value is -1.07. The predicted molar refractivity (Wildman–Crippen MR) is 85.6 cm³/mol. The van der Waals surface area contributed by atoms with Crippen molar-refractivity contribution in [3.63, 3.8) is 0 Å². The molecule has 1 aliphatic rings. The third kappa shape index (κ3) is 4.20. The fourth-order valence-corrected chi connectivity index (χ4v) is 4.68. The molecule has 0 radical (unpaired) electrons. The van der Waals surface area contributed by atoms with Gasteiger partial charge in [0.1, 0.15) is 5.75 Å². The molecule has 0 aliphatic heterocycles. The lowest BCUT2D eigenvalue weighted by atomic mass is 10.1. The molecule has 0 amide bonds. The van der Waals surface area contributed by atoms with Crippen molar-refractivity contribution in [2.75, 3.05) is 27.0 Å². The Labute approximate surface area is 128 Å². The van der Waals surface area contributed by atoms with Crippen molar-refractivity contribution in [3.8, 4) is 5.75 Å². The highest BCUT2D eigenvalue weighted by Crippen LogP contribution is 2.28. The van der Waals surface area contributed by atoms with Crippen LogP contribution >= 0.6 is 0 Å². The van der Waals surface area contributed by atoms with Crippen LogP contribution in [0.15, 0.2) is 24.3 Å². The number of nitrogens with zero attached hydrogens (tertiary/aromatic N) is 1. The smallest absolute Gasteiger partial charge is 0.151 e. The van der Waals surface area contributed by atoms with E-state index in [9.17, 15) is 8.42 Å². The summed E-state index contributed by atoms with van der Waals surface area (Å²) in [4.78, 5) is 2.21. The van der Waals surface area contributed by atoms with Crippen LogP contribution in [-0.2, 0) is 16.3 Å². The van der Waals surface area contributed by atoms with Gasteiger partial charge in [-0.3, -0.25) is 0 Å². The summed E-state index contributed by atoms with van der Waals surface area (Å²) >= 11 is 0. The second-order valence-electron chi connectivity index (χ2n) is 5.94. The molecule has 1 aliphatic carbocycles. The normalized spacial score (nSPS) is 22.7. The summed E-state index contributed by atoms with van der Waals surface area (Å²) < 4.78 is 28.9. The molecule has 118 valence electrons. The number of sulfone groups is 1. The number of hydrogen-bond acceptors (Lipinski definition) is 4. The van der Waals surface area contributed by atoms with E-state index in [2.05, 4.69) is 17.0 Å². The van der Waals surface area contributed by atoms with Gasteiger partial charge < -0.3 is 9.64 Å². The maximum atomic E-state index is 11.9. The first kappa shape index (κ1) is 16.3. The van der Waals surface area contributed by atoms with E-state index in [0.29, 0.717) is 0 Å². The van der Waals surface area contributed by atoms with Crippen molar-refractivity contribution in [2.45, 2.75) is 37.0 Å². The molecule has 0 spiro atoms. The highest BCUT2D eigenvalue weighted by Gasteiger charge is 2.36. The van der Waals surface area contributed by atoms with E-state index in [1.165, 1.54) is 11.8 Å². The number of methoxy groups -OCH3 is 1. The SMILES string of the molecule is COc1ccc(CCN(C)[C@@H]2CCC[C@@H]2S(C)(=O)=O)cc1. The van der Waals surface area contributed by atoms with Crippen molar-refractivity contribution in [2.24, 2.45) is 0 Å². The predicted octanol–water partition coefficient (Wildman–Crippen LogP) is 2.14. The van der Waals surface area contributed by atoms with Crippen LogP contribution in [-0.4, -0.2) is 51.6 Å². The number of hydrogen-bond donors (Lipinski definition) is 0. The maximum Gasteiger partial charge on any atom is 0.151 e. The Morgan fingerprint density at radius 2 is 1.90 bits per heavy atom. The van der Waals surface area contributed by atoms with E-state index in [1.807, 2.05) is 19.2 Å². The van der Waals surface area contributed by atoms with Crippen LogP contribution < -0.4 is 4.74 Å². The molecule has 0 N–H and O–H groups in total. The third-order valence-corrected chi connectivity index (χ3v) is 6.10. The van der Waals surface area contributed by atoms with Crippen LogP contribution in [0.1, 0.15) is 24.8 Å². The van der Waals surface area contributed by atoms with Crippen molar-refractivity contribution in [1.29, 1.82) is 0 Å². The lowest BCUT2D eigenvalue weighted by molar-refractivity contribution is 0.249. The minimum atomic E-state index is -2.95. The molecular weight excluding hydrogens is 286 g/mol. The largest absolute Gasteiger partial charge is 0.497 e. The average Bonchev–Trinajstić information content (AvgIpc) is 2.95. The van der Waals surface area contributed by atoms with Crippen LogP contribution in [0.5, 0.6) is 5.75 Å². The number of ether oxygens (including phenoxy) is 1. The molecule has 0 aromatic heterocycles. The molecule has 0 unspecified atom stereocenters. The fraction of sp³-hybridized carbons (Fsp3) is 0.625. The first-order chi connectivity index (χ1) is 9.91. The first-order valence-electron chi connectivity index (χ1n) is 7.44. The second-order valence-corrected chi connectivity index (χ2v) is 8.21. The molecule has 5 heteroatoms. The second kappa shape index (κ2) is 6.79. The molecule has 0 heterocycles. The topological polar surface area (TPSA) is 46.6 Å². The van der Waals surface area contributed by atoms with Crippen molar-refractivity contribution in [1.82, 2.24) is 4.90 Å². The summed E-state index contributed by atoms with van der Waals surface area (Å²) in [7, 11) is 0.753. The fourth-order valence-electron chi connectivity index (χ4n) is 3.17. The van der Waals surface area contributed by atoms with Crippen LogP contribution in [0.3, 0.4) is 0 Å². The molecule has 1 saturated carbocycles. The van der Waals surface area contributed by atoms with Crippen LogP contribution in [0, 0.1) is 0 Å². The zero-order valence-corrected chi connectivity index (χ0v) is 13.9. The van der Waals surface area contributed by atoms with Gasteiger partial charge in [-0.2, -0.15) is 0 Å². The zero-order valence-electron chi connectivity index (χ0n) is 13.1. The third-order valence-electron chi connectivity index (χ3n) is 4.45. The van der Waals surface area contributed by atoms with Gasteiger partial charge in [0.25, 0.3) is 0 Å². The Kier molecular flexibility index (Phi) is 5.27. The van der Waals surface area contributed by atoms with E-state index in [1.54, 1.807) is 7.11 Å². The lowest BCUT2D eigenvalue weighted by Crippen LogP contribution is -2.42. The standard InChI is InChI=1S/C16H25NO3S/c1-17(15-5-4-6-16(15)21(3,18)19)12-11-13-7-9-14(20-2)10-8-13/h7-10,15-16H,4-6,11-12H2,1-3H3/t15-,16+/m1/s1. The summed E-state index contributed by atoms with van der Waals surface area (Å²) in [6, 6.07) is 8.22. The zero-order chi connectivity index (χ0) is 15.5. The molecule has 4 nitrogen and oxygen atoms in total. The van der Waals surface area contributed by atoms with E-state index in [0.717, 1.165) is 38.0 Å². The summed E-state index contributed by atoms with van der Waals surface area (Å²) in [5.74, 6) is 0.861. The van der Waals surface area contributed by atoms with Gasteiger partial charge in [0, 0.05) is 18.8 Å². The Bertz CT molecular complexity index is 553. The molecule has 1 aromatic carbocycles. The molecule has 1 fully saturated rings. The Balaban J connectivity index is 1.93. The number of rotatable bonds is 6. The number of benzene rings is 1. The van der Waals surface area contributed by atoms with E-state index >= 15 is 0 Å². The van der Waals surface area contributed by atoms with Gasteiger partial charge in [0.15, 0.2) is 9.84 Å². The van der Waals surface area contributed by atoms with Gasteiger partial charge >= 0.3 is 0 Å². The van der Waals surface area contributed by atoms with Crippen LogP contribution in [0.4, 0.5) is 0 Å². The number of likely N-dealkylation sites (N-methyl/N-ethyl adjacent to an activating group) is 1. The molecule has 0 saturated heterocycles. The van der Waals surface area contributed by atoms with E-state index < -0.39 is 9.84 Å². The monoisotopic (exact) mass is 311 g/mol. The molecule has 21 heavy (non-hydrogen) atoms. The van der Waals surface area contributed by atoms with Gasteiger partial charge in [-0.05, 0) is 44.0 Å². The van der Waals surface area contributed by atoms with E-state index in [-0.39, 0.29) is 11.3 Å². The van der Waals surface area contributed by atoms with Crippen molar-refractivity contribution in [3.05, 3.63) is 29.8 Å². The summed E-state index contributed by atoms with van der Waals surface area (Å²) in [6.07, 6.45) is 5.09. The molecule has 2 rings (SSSR count). The van der Waals surface area contributed by atoms with Crippen LogP contribution in [0.25, 0.3) is 0 Å². The van der Waals surface area contributed by atoms with Gasteiger partial charge in [-0.25, -0.2) is 8.42 Å². The molecule has 2 atom stereocenters. The Morgan fingerprint density at radius 3 is 2.48 bits per heavy atom. The minimum Gasteiger partial charge on any atom is -0.497 e. The molecule has 1 aromatic rings. The average molecular weight is 311 g/mol. The van der Waals surface area contributed by atoms with Gasteiger partial charge in [0.05, 0.1) is 12.4 Å². The summed E-state index contributed by atoms with van der Waals surface area (Å²) in [5, 5.41) is -0.196. The lowest BCUT2D eigenvalue weighted by Gasteiger charge is -2.28. The van der Waals surface area contributed by atoms with Gasteiger partial charge in [-0.15, -0.1) is 0 Å².